The lowest BCUT2D eigenvalue weighted by atomic mass is 9.99. The Labute approximate surface area is 336 Å². The summed E-state index contributed by atoms with van der Waals surface area (Å²) in [6.45, 7) is 0. The van der Waals surface area contributed by atoms with E-state index >= 15 is 0 Å². The summed E-state index contributed by atoms with van der Waals surface area (Å²) in [5, 5.41) is 13.5. The van der Waals surface area contributed by atoms with Crippen LogP contribution in [-0.4, -0.2) is 21.1 Å². The Morgan fingerprint density at radius 3 is 1.04 bits per heavy atom. The van der Waals surface area contributed by atoms with Crippen molar-refractivity contribution in [3.63, 3.8) is 0 Å². The minimum Gasteiger partial charge on any atom is -0.354 e. The zero-order chi connectivity index (χ0) is 38.1. The Bertz CT molecular complexity index is 2720. The van der Waals surface area contributed by atoms with Crippen LogP contribution in [0.5, 0.6) is 0 Å². The molecule has 0 radical (unpaired) electrons. The van der Waals surface area contributed by atoms with E-state index in [-0.39, 0.29) is 0 Å². The first-order valence-electron chi connectivity index (χ1n) is 19.8. The molecule has 0 fully saturated rings. The van der Waals surface area contributed by atoms with E-state index in [2.05, 4.69) is 248 Å². The largest absolute Gasteiger partial charge is 0.354 e. The Morgan fingerprint density at radius 1 is 0.281 bits per heavy atom. The summed E-state index contributed by atoms with van der Waals surface area (Å²) in [6, 6.07) is 90.7. The molecule has 0 aliphatic heterocycles. The number of hydrogen-bond acceptors (Lipinski definition) is 0. The topological polar surface area (TPSA) is 15.8 Å². The van der Waals surface area contributed by atoms with E-state index in [1.807, 2.05) is 0 Å². The molecule has 0 bridgehead atoms. The summed E-state index contributed by atoms with van der Waals surface area (Å²) in [4.78, 5) is 3.91. The van der Waals surface area contributed by atoms with Crippen LogP contribution >= 0.6 is 0 Å². The highest BCUT2D eigenvalue weighted by molar-refractivity contribution is 7.21. The normalized spacial score (nSPS) is 11.9. The molecule has 3 heteroatoms. The van der Waals surface area contributed by atoms with Gasteiger partial charge in [0, 0.05) is 21.8 Å². The van der Waals surface area contributed by atoms with Crippen LogP contribution in [0.2, 0.25) is 0 Å². The SMILES string of the molecule is c1ccc(-c2c([Si](c3ccccc3)(c3ccccc3)c3ccccc3)ccc3[nH]c4ccc([Si](c5ccccc5)(c5ccccc5)c5ccccc5)cc4c23)cc1. The van der Waals surface area contributed by atoms with Crippen molar-refractivity contribution in [2.24, 2.45) is 0 Å². The van der Waals surface area contributed by atoms with Crippen LogP contribution in [0.3, 0.4) is 0 Å². The Kier molecular flexibility index (Phi) is 8.95. The fourth-order valence-electron chi connectivity index (χ4n) is 9.54. The molecule has 57 heavy (non-hydrogen) atoms. The van der Waals surface area contributed by atoms with E-state index in [4.69, 9.17) is 0 Å². The standard InChI is InChI=1S/C54H41NSi2/c1-8-22-41(23-9-1)53-52(57(45-30-16-5-17-31-45,46-32-18-6-19-33-46)47-34-20-7-21-35-47)39-38-51-54(53)49-40-48(36-37-50(49)55-51)56(42-24-10-2-11-25-42,43-26-12-3-13-27-43)44-28-14-4-15-29-44/h1-40,55H. The summed E-state index contributed by atoms with van der Waals surface area (Å²) in [5.74, 6) is 0. The van der Waals surface area contributed by atoms with Gasteiger partial charge in [-0.1, -0.05) is 231 Å². The van der Waals surface area contributed by atoms with Crippen LogP contribution in [0.1, 0.15) is 0 Å². The summed E-state index contributed by atoms with van der Waals surface area (Å²) in [7, 11) is -5.71. The molecule has 270 valence electrons. The van der Waals surface area contributed by atoms with E-state index in [1.54, 1.807) is 0 Å². The average molecular weight is 760 g/mol. The van der Waals surface area contributed by atoms with Crippen LogP contribution in [-0.2, 0) is 0 Å². The molecule has 0 atom stereocenters. The Morgan fingerprint density at radius 2 is 0.632 bits per heavy atom. The van der Waals surface area contributed by atoms with E-state index in [0.717, 1.165) is 11.0 Å². The van der Waals surface area contributed by atoms with Gasteiger partial charge in [0.25, 0.3) is 0 Å². The molecule has 1 heterocycles. The van der Waals surface area contributed by atoms with Gasteiger partial charge in [-0.05, 0) is 64.8 Å². The number of H-pyrrole nitrogens is 1. The van der Waals surface area contributed by atoms with Crippen molar-refractivity contribution >= 4 is 79.4 Å². The van der Waals surface area contributed by atoms with Crippen LogP contribution in [0.25, 0.3) is 32.9 Å². The zero-order valence-electron chi connectivity index (χ0n) is 31.6. The fraction of sp³-hybridized carbons (Fsp3) is 0. The highest BCUT2D eigenvalue weighted by Crippen LogP contribution is 2.35. The summed E-state index contributed by atoms with van der Waals surface area (Å²) in [6.07, 6.45) is 0. The third-order valence-electron chi connectivity index (χ3n) is 11.9. The van der Waals surface area contributed by atoms with Gasteiger partial charge in [0.05, 0.1) is 0 Å². The number of benzene rings is 9. The summed E-state index contributed by atoms with van der Waals surface area (Å²) >= 11 is 0. The zero-order valence-corrected chi connectivity index (χ0v) is 33.6. The van der Waals surface area contributed by atoms with Crippen LogP contribution in [0.4, 0.5) is 0 Å². The first-order chi connectivity index (χ1) is 28.3. The highest BCUT2D eigenvalue weighted by atomic mass is 28.3. The molecular weight excluding hydrogens is 719 g/mol. The lowest BCUT2D eigenvalue weighted by Crippen LogP contribution is -2.75. The van der Waals surface area contributed by atoms with Crippen LogP contribution < -0.4 is 41.5 Å². The lowest BCUT2D eigenvalue weighted by molar-refractivity contribution is 1.55. The van der Waals surface area contributed by atoms with Crippen molar-refractivity contribution in [1.82, 2.24) is 4.98 Å². The summed E-state index contributed by atoms with van der Waals surface area (Å²) in [5.41, 5.74) is 4.81. The van der Waals surface area contributed by atoms with Crippen LogP contribution in [0.15, 0.2) is 243 Å². The lowest BCUT2D eigenvalue weighted by Gasteiger charge is -2.36. The molecule has 1 nitrogen and oxygen atoms in total. The quantitative estimate of drug-likeness (QED) is 0.115. The third-order valence-corrected chi connectivity index (χ3v) is 21.5. The van der Waals surface area contributed by atoms with E-state index in [0.29, 0.717) is 0 Å². The van der Waals surface area contributed by atoms with E-state index in [9.17, 15) is 0 Å². The predicted molar refractivity (Wildman–Crippen MR) is 248 cm³/mol. The molecule has 0 unspecified atom stereocenters. The maximum atomic E-state index is 3.91. The van der Waals surface area contributed by atoms with Crippen molar-refractivity contribution in [1.29, 1.82) is 0 Å². The van der Waals surface area contributed by atoms with Crippen molar-refractivity contribution in [2.75, 3.05) is 0 Å². The van der Waals surface area contributed by atoms with Gasteiger partial charge in [0.15, 0.2) is 16.1 Å². The highest BCUT2D eigenvalue weighted by Gasteiger charge is 2.44. The summed E-state index contributed by atoms with van der Waals surface area (Å²) < 4.78 is 0. The smallest absolute Gasteiger partial charge is 0.180 e. The number of aromatic nitrogens is 1. The first-order valence-corrected chi connectivity index (χ1v) is 23.8. The maximum absolute atomic E-state index is 3.91. The minimum atomic E-state index is -2.92. The molecule has 0 aliphatic rings. The van der Waals surface area contributed by atoms with Gasteiger partial charge in [0.2, 0.25) is 0 Å². The molecule has 0 amide bonds. The van der Waals surface area contributed by atoms with Crippen LogP contribution in [0, 0.1) is 0 Å². The van der Waals surface area contributed by atoms with Crippen molar-refractivity contribution in [3.8, 4) is 11.1 Å². The van der Waals surface area contributed by atoms with Gasteiger partial charge in [-0.3, -0.25) is 0 Å². The number of aromatic amines is 1. The first kappa shape index (κ1) is 34.7. The maximum Gasteiger partial charge on any atom is 0.180 e. The minimum absolute atomic E-state index is 1.14. The van der Waals surface area contributed by atoms with Gasteiger partial charge in [-0.15, -0.1) is 0 Å². The number of hydrogen-bond donors (Lipinski definition) is 1. The van der Waals surface area contributed by atoms with E-state index < -0.39 is 16.1 Å². The number of fused-ring (bicyclic) bond motifs is 3. The van der Waals surface area contributed by atoms with E-state index in [1.165, 1.54) is 63.4 Å². The average Bonchev–Trinajstić information content (AvgIpc) is 3.68. The molecule has 0 spiro atoms. The molecule has 9 aromatic carbocycles. The Balaban J connectivity index is 1.37. The number of nitrogens with one attached hydrogen (secondary N) is 1. The van der Waals surface area contributed by atoms with Crippen molar-refractivity contribution in [3.05, 3.63) is 243 Å². The van der Waals surface area contributed by atoms with Crippen molar-refractivity contribution < 1.29 is 0 Å². The second-order valence-electron chi connectivity index (χ2n) is 14.9. The van der Waals surface area contributed by atoms with Gasteiger partial charge < -0.3 is 4.98 Å². The Hall–Kier alpha value is -6.79. The van der Waals surface area contributed by atoms with Gasteiger partial charge in [-0.2, -0.15) is 0 Å². The molecule has 0 aliphatic carbocycles. The predicted octanol–water partition coefficient (Wildman–Crippen LogP) is 7.74. The molecular formula is C54H41NSi2. The molecule has 1 N–H and O–H groups in total. The fourth-order valence-corrected chi connectivity index (χ4v) is 19.3. The van der Waals surface area contributed by atoms with Crippen molar-refractivity contribution in [2.45, 2.75) is 0 Å². The molecule has 0 saturated carbocycles. The molecule has 10 rings (SSSR count). The second kappa shape index (κ2) is 14.7. The number of rotatable bonds is 9. The second-order valence-corrected chi connectivity index (χ2v) is 22.4. The molecule has 10 aromatic rings. The molecule has 0 saturated heterocycles. The molecule has 1 aromatic heterocycles. The van der Waals surface area contributed by atoms with Gasteiger partial charge in [0.1, 0.15) is 0 Å². The third kappa shape index (κ3) is 5.66. The van der Waals surface area contributed by atoms with Gasteiger partial charge in [-0.25, -0.2) is 0 Å². The van der Waals surface area contributed by atoms with Gasteiger partial charge >= 0.3 is 0 Å². The monoisotopic (exact) mass is 759 g/mol.